The number of carbonyl (C=O) groups is 2. The molecule has 1 aromatic heterocycles. The van der Waals surface area contributed by atoms with Gasteiger partial charge in [0, 0.05) is 40.3 Å². The van der Waals surface area contributed by atoms with Gasteiger partial charge >= 0.3 is 0 Å². The SMILES string of the molecule is CC1CCN(C(=O)c2cc(OCC(=O)N(C)C)n(C)n2)CC1. The van der Waals surface area contributed by atoms with E-state index in [-0.39, 0.29) is 18.4 Å². The lowest BCUT2D eigenvalue weighted by Crippen LogP contribution is -2.38. The lowest BCUT2D eigenvalue weighted by Gasteiger charge is -2.29. The summed E-state index contributed by atoms with van der Waals surface area (Å²) >= 11 is 0. The molecule has 0 saturated carbocycles. The zero-order valence-electron chi connectivity index (χ0n) is 13.7. The van der Waals surface area contributed by atoms with Gasteiger partial charge in [-0.1, -0.05) is 6.92 Å². The zero-order valence-corrected chi connectivity index (χ0v) is 13.7. The third-order valence-corrected chi connectivity index (χ3v) is 3.97. The van der Waals surface area contributed by atoms with Crippen molar-refractivity contribution in [2.24, 2.45) is 13.0 Å². The van der Waals surface area contributed by atoms with Crippen LogP contribution in [0.3, 0.4) is 0 Å². The van der Waals surface area contributed by atoms with Crippen LogP contribution in [0.4, 0.5) is 0 Å². The first-order valence-corrected chi connectivity index (χ1v) is 7.54. The van der Waals surface area contributed by atoms with E-state index < -0.39 is 0 Å². The molecule has 0 aromatic carbocycles. The highest BCUT2D eigenvalue weighted by Crippen LogP contribution is 2.19. The second-order valence-electron chi connectivity index (χ2n) is 6.04. The molecule has 0 bridgehead atoms. The molecule has 1 saturated heterocycles. The summed E-state index contributed by atoms with van der Waals surface area (Å²) in [5.41, 5.74) is 0.365. The van der Waals surface area contributed by atoms with Crippen LogP contribution < -0.4 is 4.74 Å². The molecule has 1 aliphatic rings. The van der Waals surface area contributed by atoms with Gasteiger partial charge in [-0.3, -0.25) is 9.59 Å². The Bertz CT molecular complexity index is 545. The molecule has 0 aliphatic carbocycles. The van der Waals surface area contributed by atoms with E-state index in [4.69, 9.17) is 4.74 Å². The van der Waals surface area contributed by atoms with E-state index in [1.54, 1.807) is 27.2 Å². The van der Waals surface area contributed by atoms with Gasteiger partial charge < -0.3 is 14.5 Å². The zero-order chi connectivity index (χ0) is 16.3. The third kappa shape index (κ3) is 3.78. The molecule has 122 valence electrons. The summed E-state index contributed by atoms with van der Waals surface area (Å²) in [5.74, 6) is 0.878. The number of likely N-dealkylation sites (tertiary alicyclic amines) is 1. The molecule has 0 radical (unpaired) electrons. The van der Waals surface area contributed by atoms with Crippen LogP contribution in [0.5, 0.6) is 5.88 Å². The highest BCUT2D eigenvalue weighted by molar-refractivity contribution is 5.92. The van der Waals surface area contributed by atoms with Crippen LogP contribution in [0.15, 0.2) is 6.07 Å². The Balaban J connectivity index is 1.99. The average Bonchev–Trinajstić information content (AvgIpc) is 2.86. The first kappa shape index (κ1) is 16.3. The number of carbonyl (C=O) groups excluding carboxylic acids is 2. The van der Waals surface area contributed by atoms with Gasteiger partial charge in [0.25, 0.3) is 11.8 Å². The standard InChI is InChI=1S/C15H24N4O3/c1-11-5-7-19(8-6-11)15(21)12-9-14(18(4)16-12)22-10-13(20)17(2)3/h9,11H,5-8,10H2,1-4H3. The Morgan fingerprint density at radius 3 is 2.59 bits per heavy atom. The number of amides is 2. The summed E-state index contributed by atoms with van der Waals surface area (Å²) in [5, 5.41) is 4.20. The number of rotatable bonds is 4. The fourth-order valence-corrected chi connectivity index (χ4v) is 2.33. The monoisotopic (exact) mass is 308 g/mol. The number of nitrogens with zero attached hydrogens (tertiary/aromatic N) is 4. The molecule has 7 heteroatoms. The predicted molar refractivity (Wildman–Crippen MR) is 81.7 cm³/mol. The maximum absolute atomic E-state index is 12.4. The number of likely N-dealkylation sites (N-methyl/N-ethyl adjacent to an activating group) is 1. The molecule has 2 rings (SSSR count). The Kier molecular flexibility index (Phi) is 5.05. The average molecular weight is 308 g/mol. The number of ether oxygens (including phenoxy) is 1. The van der Waals surface area contributed by atoms with Crippen LogP contribution in [0.2, 0.25) is 0 Å². The van der Waals surface area contributed by atoms with Crippen molar-refractivity contribution in [2.75, 3.05) is 33.8 Å². The van der Waals surface area contributed by atoms with Gasteiger partial charge in [-0.25, -0.2) is 4.68 Å². The van der Waals surface area contributed by atoms with Gasteiger partial charge in [-0.05, 0) is 18.8 Å². The first-order chi connectivity index (χ1) is 10.4. The highest BCUT2D eigenvalue weighted by Gasteiger charge is 2.24. The molecular weight excluding hydrogens is 284 g/mol. The molecule has 0 atom stereocenters. The minimum Gasteiger partial charge on any atom is -0.468 e. The number of aromatic nitrogens is 2. The van der Waals surface area contributed by atoms with Crippen LogP contribution in [-0.4, -0.2) is 65.2 Å². The third-order valence-electron chi connectivity index (χ3n) is 3.97. The summed E-state index contributed by atoms with van der Waals surface area (Å²) in [6.07, 6.45) is 2.05. The summed E-state index contributed by atoms with van der Waals surface area (Å²) in [7, 11) is 5.03. The number of aryl methyl sites for hydroxylation is 1. The number of hydrogen-bond acceptors (Lipinski definition) is 4. The van der Waals surface area contributed by atoms with Crippen molar-refractivity contribution in [3.8, 4) is 5.88 Å². The van der Waals surface area contributed by atoms with Crippen molar-refractivity contribution in [2.45, 2.75) is 19.8 Å². The first-order valence-electron chi connectivity index (χ1n) is 7.54. The minimum atomic E-state index is -0.140. The second-order valence-corrected chi connectivity index (χ2v) is 6.04. The highest BCUT2D eigenvalue weighted by atomic mass is 16.5. The van der Waals surface area contributed by atoms with Crippen molar-refractivity contribution in [3.63, 3.8) is 0 Å². The molecule has 1 aromatic rings. The van der Waals surface area contributed by atoms with E-state index >= 15 is 0 Å². The minimum absolute atomic E-state index is 0.0681. The topological polar surface area (TPSA) is 67.7 Å². The van der Waals surface area contributed by atoms with Gasteiger partial charge in [-0.15, -0.1) is 0 Å². The second kappa shape index (κ2) is 6.81. The maximum atomic E-state index is 12.4. The van der Waals surface area contributed by atoms with Crippen molar-refractivity contribution in [3.05, 3.63) is 11.8 Å². The fraction of sp³-hybridized carbons (Fsp3) is 0.667. The molecule has 7 nitrogen and oxygen atoms in total. The Morgan fingerprint density at radius 2 is 2.00 bits per heavy atom. The lowest BCUT2D eigenvalue weighted by atomic mass is 9.99. The normalized spacial score (nSPS) is 15.7. The largest absolute Gasteiger partial charge is 0.468 e. The quantitative estimate of drug-likeness (QED) is 0.823. The molecule has 0 spiro atoms. The number of hydrogen-bond donors (Lipinski definition) is 0. The Morgan fingerprint density at radius 1 is 1.36 bits per heavy atom. The molecule has 0 N–H and O–H groups in total. The van der Waals surface area contributed by atoms with Crippen LogP contribution in [-0.2, 0) is 11.8 Å². The smallest absolute Gasteiger partial charge is 0.274 e. The summed E-state index contributed by atoms with van der Waals surface area (Å²) in [4.78, 5) is 27.3. The summed E-state index contributed by atoms with van der Waals surface area (Å²) in [6, 6.07) is 1.60. The fourth-order valence-electron chi connectivity index (χ4n) is 2.33. The predicted octanol–water partition coefficient (Wildman–Crippen LogP) is 0.759. The van der Waals surface area contributed by atoms with E-state index in [0.29, 0.717) is 17.5 Å². The van der Waals surface area contributed by atoms with Gasteiger partial charge in [0.2, 0.25) is 5.88 Å². The van der Waals surface area contributed by atoms with Crippen LogP contribution in [0.25, 0.3) is 0 Å². The molecule has 2 amide bonds. The van der Waals surface area contributed by atoms with E-state index in [2.05, 4.69) is 12.0 Å². The lowest BCUT2D eigenvalue weighted by molar-refractivity contribution is -0.130. The van der Waals surface area contributed by atoms with E-state index in [1.165, 1.54) is 9.58 Å². The van der Waals surface area contributed by atoms with E-state index in [9.17, 15) is 9.59 Å². The van der Waals surface area contributed by atoms with Crippen molar-refractivity contribution in [1.29, 1.82) is 0 Å². The Hall–Kier alpha value is -2.05. The van der Waals surface area contributed by atoms with E-state index in [0.717, 1.165) is 25.9 Å². The molecule has 22 heavy (non-hydrogen) atoms. The van der Waals surface area contributed by atoms with Gasteiger partial charge in [0.1, 0.15) is 0 Å². The maximum Gasteiger partial charge on any atom is 0.274 e. The van der Waals surface area contributed by atoms with Crippen molar-refractivity contribution in [1.82, 2.24) is 19.6 Å². The van der Waals surface area contributed by atoms with Crippen molar-refractivity contribution < 1.29 is 14.3 Å². The van der Waals surface area contributed by atoms with Gasteiger partial charge in [0.15, 0.2) is 12.3 Å². The van der Waals surface area contributed by atoms with Crippen LogP contribution in [0, 0.1) is 5.92 Å². The summed E-state index contributed by atoms with van der Waals surface area (Å²) < 4.78 is 6.92. The molecule has 2 heterocycles. The molecule has 1 aliphatic heterocycles. The van der Waals surface area contributed by atoms with Crippen LogP contribution >= 0.6 is 0 Å². The summed E-state index contributed by atoms with van der Waals surface area (Å²) in [6.45, 7) is 3.68. The van der Waals surface area contributed by atoms with Crippen molar-refractivity contribution >= 4 is 11.8 Å². The molecule has 1 fully saturated rings. The van der Waals surface area contributed by atoms with Gasteiger partial charge in [-0.2, -0.15) is 5.10 Å². The number of piperidine rings is 1. The molecular formula is C15H24N4O3. The van der Waals surface area contributed by atoms with Gasteiger partial charge in [0.05, 0.1) is 0 Å². The Labute approximate surface area is 130 Å². The van der Waals surface area contributed by atoms with Crippen LogP contribution in [0.1, 0.15) is 30.3 Å². The molecule has 0 unspecified atom stereocenters. The van der Waals surface area contributed by atoms with E-state index in [1.807, 2.05) is 4.90 Å².